The van der Waals surface area contributed by atoms with E-state index < -0.39 is 34.4 Å². The van der Waals surface area contributed by atoms with E-state index in [1.807, 2.05) is 0 Å². The van der Waals surface area contributed by atoms with Crippen LogP contribution in [0.5, 0.6) is 0 Å². The summed E-state index contributed by atoms with van der Waals surface area (Å²) >= 11 is 7.06. The highest BCUT2D eigenvalue weighted by Crippen LogP contribution is 2.34. The Labute approximate surface area is 215 Å². The topological polar surface area (TPSA) is 147 Å². The lowest BCUT2D eigenvalue weighted by atomic mass is 10.1. The van der Waals surface area contributed by atoms with Crippen LogP contribution in [0.4, 0.5) is 5.82 Å². The molecule has 0 saturated carbocycles. The van der Waals surface area contributed by atoms with Gasteiger partial charge in [0.05, 0.1) is 11.9 Å². The molecule has 1 fully saturated rings. The molecule has 1 aliphatic rings. The van der Waals surface area contributed by atoms with Crippen molar-refractivity contribution in [3.63, 3.8) is 0 Å². The third-order valence-corrected chi connectivity index (χ3v) is 9.72. The quantitative estimate of drug-likeness (QED) is 0.376. The van der Waals surface area contributed by atoms with Gasteiger partial charge in [0, 0.05) is 34.7 Å². The van der Waals surface area contributed by atoms with Gasteiger partial charge in [-0.1, -0.05) is 23.7 Å². The van der Waals surface area contributed by atoms with Gasteiger partial charge in [0.1, 0.15) is 22.4 Å². The zero-order valence-electron chi connectivity index (χ0n) is 18.7. The van der Waals surface area contributed by atoms with Crippen LogP contribution < -0.4 is 5.73 Å². The largest absolute Gasteiger partial charge is 0.481 e. The van der Waals surface area contributed by atoms with Crippen molar-refractivity contribution in [1.82, 2.24) is 19.2 Å². The molecule has 36 heavy (non-hydrogen) atoms. The molecule has 0 aliphatic carbocycles. The van der Waals surface area contributed by atoms with Crippen LogP contribution in [0.1, 0.15) is 12.0 Å². The molecule has 4 aromatic rings. The van der Waals surface area contributed by atoms with Gasteiger partial charge in [0.25, 0.3) is 10.0 Å². The number of fused-ring (bicyclic) bond motifs is 2. The molecule has 1 aliphatic heterocycles. The molecule has 186 valence electrons. The number of carbonyl (C=O) groups is 2. The van der Waals surface area contributed by atoms with Crippen LogP contribution in [-0.4, -0.2) is 63.7 Å². The maximum absolute atomic E-state index is 13.5. The number of nitrogens with two attached hydrogens (primary N) is 1. The third kappa shape index (κ3) is 4.48. The predicted molar refractivity (Wildman–Crippen MR) is 136 cm³/mol. The highest BCUT2D eigenvalue weighted by Gasteiger charge is 2.43. The van der Waals surface area contributed by atoms with Crippen LogP contribution in [0.25, 0.3) is 21.0 Å². The molecule has 0 spiro atoms. The average molecular weight is 546 g/mol. The van der Waals surface area contributed by atoms with Gasteiger partial charge in [-0.15, -0.1) is 11.3 Å². The first-order chi connectivity index (χ1) is 17.1. The number of thiophene rings is 1. The van der Waals surface area contributed by atoms with E-state index in [0.29, 0.717) is 31.8 Å². The Hall–Kier alpha value is -3.32. The maximum atomic E-state index is 13.5. The summed E-state index contributed by atoms with van der Waals surface area (Å²) in [5, 5.41) is 11.3. The van der Waals surface area contributed by atoms with Gasteiger partial charge in [0.2, 0.25) is 5.91 Å². The molecular formula is C23H20ClN5O5S2. The summed E-state index contributed by atoms with van der Waals surface area (Å²) < 4.78 is 28.8. The summed E-state index contributed by atoms with van der Waals surface area (Å²) in [6.45, 7) is 0.239. The molecule has 1 unspecified atom stereocenters. The number of anilines is 1. The first-order valence-electron chi connectivity index (χ1n) is 10.8. The molecule has 1 atom stereocenters. The monoisotopic (exact) mass is 545 g/mol. The number of amides is 1. The maximum Gasteiger partial charge on any atom is 0.305 e. The lowest BCUT2D eigenvalue weighted by Gasteiger charge is -2.39. The zero-order chi connectivity index (χ0) is 25.6. The number of sulfonamides is 1. The molecule has 2 aromatic heterocycles. The van der Waals surface area contributed by atoms with Gasteiger partial charge in [-0.2, -0.15) is 4.31 Å². The number of benzene rings is 2. The summed E-state index contributed by atoms with van der Waals surface area (Å²) in [5.41, 5.74) is 7.24. The van der Waals surface area contributed by atoms with E-state index in [9.17, 15) is 23.1 Å². The van der Waals surface area contributed by atoms with Gasteiger partial charge in [-0.3, -0.25) is 9.59 Å². The van der Waals surface area contributed by atoms with Crippen LogP contribution in [0, 0.1) is 0 Å². The number of aliphatic carboxylic acids is 1. The lowest BCUT2D eigenvalue weighted by molar-refractivity contribution is -0.147. The molecule has 0 bridgehead atoms. The number of aromatic nitrogens is 2. The first-order valence-corrected chi connectivity index (χ1v) is 13.5. The van der Waals surface area contributed by atoms with Crippen LogP contribution >= 0.6 is 22.9 Å². The van der Waals surface area contributed by atoms with Crippen molar-refractivity contribution in [2.75, 3.05) is 18.8 Å². The number of nitrogen functional groups attached to an aromatic ring is 1. The number of rotatable bonds is 6. The second-order valence-electron chi connectivity index (χ2n) is 8.35. The van der Waals surface area contributed by atoms with Gasteiger partial charge in [-0.05, 0) is 41.3 Å². The fraction of sp³-hybridized carbons (Fsp3) is 0.217. The molecule has 3 N–H and O–H groups in total. The summed E-state index contributed by atoms with van der Waals surface area (Å²) in [4.78, 5) is 34.6. The number of carbonyl (C=O) groups excluding carboxylic acids is 1. The normalized spacial score (nSPS) is 17.2. The molecule has 1 saturated heterocycles. The van der Waals surface area contributed by atoms with E-state index in [1.165, 1.54) is 17.3 Å². The number of hydrogen-bond acceptors (Lipinski definition) is 8. The smallest absolute Gasteiger partial charge is 0.305 e. The molecule has 2 aromatic carbocycles. The lowest BCUT2D eigenvalue weighted by Crippen LogP contribution is -2.58. The van der Waals surface area contributed by atoms with Crippen molar-refractivity contribution < 1.29 is 23.1 Å². The van der Waals surface area contributed by atoms with Gasteiger partial charge < -0.3 is 15.7 Å². The van der Waals surface area contributed by atoms with Crippen molar-refractivity contribution in [2.24, 2.45) is 0 Å². The third-order valence-electron chi connectivity index (χ3n) is 6.03. The first kappa shape index (κ1) is 24.4. The number of piperazine rings is 1. The Morgan fingerprint density at radius 3 is 2.75 bits per heavy atom. The Morgan fingerprint density at radius 1 is 1.17 bits per heavy atom. The van der Waals surface area contributed by atoms with Crippen molar-refractivity contribution in [1.29, 1.82) is 0 Å². The molecule has 3 heterocycles. The average Bonchev–Trinajstić information content (AvgIpc) is 3.25. The summed E-state index contributed by atoms with van der Waals surface area (Å²) in [6.07, 6.45) is 0.702. The van der Waals surface area contributed by atoms with E-state index in [1.54, 1.807) is 36.4 Å². The van der Waals surface area contributed by atoms with Gasteiger partial charge in [0.15, 0.2) is 0 Å². The van der Waals surface area contributed by atoms with Gasteiger partial charge >= 0.3 is 5.97 Å². The number of carboxylic acid groups (broad SMARTS) is 1. The molecule has 1 amide bonds. The fourth-order valence-electron chi connectivity index (χ4n) is 4.28. The Kier molecular flexibility index (Phi) is 6.29. The van der Waals surface area contributed by atoms with Crippen LogP contribution in [-0.2, 0) is 26.2 Å². The predicted octanol–water partition coefficient (Wildman–Crippen LogP) is 2.96. The molecule has 5 rings (SSSR count). The van der Waals surface area contributed by atoms with Crippen LogP contribution in [0.2, 0.25) is 5.02 Å². The highest BCUT2D eigenvalue weighted by atomic mass is 35.5. The van der Waals surface area contributed by atoms with E-state index >= 15 is 0 Å². The second-order valence-corrected chi connectivity index (χ2v) is 12.0. The summed E-state index contributed by atoms with van der Waals surface area (Å²) in [7, 11) is -4.13. The van der Waals surface area contributed by atoms with E-state index in [-0.39, 0.29) is 23.8 Å². The second kappa shape index (κ2) is 9.28. The number of carboxylic acids is 1. The minimum absolute atomic E-state index is 0.0307. The van der Waals surface area contributed by atoms with E-state index in [0.717, 1.165) is 21.2 Å². The van der Waals surface area contributed by atoms with Crippen LogP contribution in [0.3, 0.4) is 0 Å². The van der Waals surface area contributed by atoms with Crippen molar-refractivity contribution in [3.8, 4) is 0 Å². The van der Waals surface area contributed by atoms with E-state index in [4.69, 9.17) is 17.3 Å². The van der Waals surface area contributed by atoms with Crippen molar-refractivity contribution in [3.05, 3.63) is 59.4 Å². The fourth-order valence-corrected chi connectivity index (χ4v) is 7.66. The SMILES string of the molecule is Nc1ncnc2cc(CN3CCN(S(=O)(=O)c4cc5ccc(Cl)cc5s4)C(CC(=O)O)C3=O)ccc12. The minimum Gasteiger partial charge on any atom is -0.481 e. The standard InChI is InChI=1S/C23H20ClN5O5S2/c24-15-3-2-14-8-21(35-19(14)9-15)36(33,34)29-6-5-28(23(32)18(29)10-20(30)31)11-13-1-4-16-17(7-13)26-12-27-22(16)25/h1-4,7-9,12,18H,5-6,10-11H2,(H,30,31)(H2,25,26,27). The van der Waals surface area contributed by atoms with Crippen molar-refractivity contribution >= 4 is 71.6 Å². The molecule has 0 radical (unpaired) electrons. The summed E-state index contributed by atoms with van der Waals surface area (Å²) in [5.74, 6) is -1.50. The molecule has 10 nitrogen and oxygen atoms in total. The zero-order valence-corrected chi connectivity index (χ0v) is 21.1. The Balaban J connectivity index is 1.43. The van der Waals surface area contributed by atoms with E-state index in [2.05, 4.69) is 9.97 Å². The minimum atomic E-state index is -4.13. The Morgan fingerprint density at radius 2 is 1.97 bits per heavy atom. The molecular weight excluding hydrogens is 526 g/mol. The Bertz CT molecular complexity index is 1620. The number of nitrogens with zero attached hydrogens (tertiary/aromatic N) is 4. The number of hydrogen-bond donors (Lipinski definition) is 2. The summed E-state index contributed by atoms with van der Waals surface area (Å²) in [6, 6.07) is 10.5. The number of halogens is 1. The van der Waals surface area contributed by atoms with Gasteiger partial charge in [-0.25, -0.2) is 18.4 Å². The van der Waals surface area contributed by atoms with Crippen molar-refractivity contribution in [2.45, 2.75) is 23.2 Å². The highest BCUT2D eigenvalue weighted by molar-refractivity contribution is 7.91. The molecule has 13 heteroatoms. The van der Waals surface area contributed by atoms with Crippen LogP contribution in [0.15, 0.2) is 53.0 Å².